The number of aromatic nitrogens is 2. The van der Waals surface area contributed by atoms with E-state index in [2.05, 4.69) is 14.9 Å². The highest BCUT2D eigenvalue weighted by Gasteiger charge is 2.08. The minimum absolute atomic E-state index is 0.224. The molecular formula is C13H12N2O3. The van der Waals surface area contributed by atoms with Crippen molar-refractivity contribution in [2.45, 2.75) is 0 Å². The summed E-state index contributed by atoms with van der Waals surface area (Å²) in [7, 11) is 1.31. The quantitative estimate of drug-likeness (QED) is 0.810. The molecule has 1 aromatic carbocycles. The molecule has 92 valence electrons. The summed E-state index contributed by atoms with van der Waals surface area (Å²) >= 11 is 0. The number of phenolic OH excluding ortho intramolecular Hbond substituents is 1. The highest BCUT2D eigenvalue weighted by Crippen LogP contribution is 2.12. The van der Waals surface area contributed by atoms with Crippen LogP contribution in [0.5, 0.6) is 5.75 Å². The van der Waals surface area contributed by atoms with Crippen LogP contribution >= 0.6 is 0 Å². The maximum absolute atomic E-state index is 11.2. The van der Waals surface area contributed by atoms with Crippen molar-refractivity contribution in [1.82, 2.24) is 10.2 Å². The topological polar surface area (TPSA) is 75.2 Å². The standard InChI is InChI=1S/C13H12N2O3/c1-18-13(17)12-8-10(14-15-12)5-2-9-3-6-11(16)7-4-9/h2-8,16H,1H3,(H,14,15)/b5-2+. The molecular weight excluding hydrogens is 232 g/mol. The summed E-state index contributed by atoms with van der Waals surface area (Å²) in [5.41, 5.74) is 1.87. The maximum Gasteiger partial charge on any atom is 0.358 e. The van der Waals surface area contributed by atoms with E-state index in [-0.39, 0.29) is 11.4 Å². The van der Waals surface area contributed by atoms with Crippen LogP contribution in [0.3, 0.4) is 0 Å². The van der Waals surface area contributed by atoms with E-state index in [0.717, 1.165) is 5.56 Å². The molecule has 2 aromatic rings. The predicted molar refractivity (Wildman–Crippen MR) is 67.0 cm³/mol. The van der Waals surface area contributed by atoms with Crippen LogP contribution in [0.2, 0.25) is 0 Å². The first-order valence-corrected chi connectivity index (χ1v) is 5.30. The Hall–Kier alpha value is -2.56. The Bertz CT molecular complexity index is 570. The number of aromatic hydroxyl groups is 1. The van der Waals surface area contributed by atoms with Crippen LogP contribution < -0.4 is 0 Å². The van der Waals surface area contributed by atoms with Crippen molar-refractivity contribution in [3.63, 3.8) is 0 Å². The molecule has 0 amide bonds. The number of hydrogen-bond acceptors (Lipinski definition) is 4. The maximum atomic E-state index is 11.2. The molecule has 18 heavy (non-hydrogen) atoms. The zero-order chi connectivity index (χ0) is 13.0. The van der Waals surface area contributed by atoms with Crippen LogP contribution in [0.15, 0.2) is 30.3 Å². The van der Waals surface area contributed by atoms with Gasteiger partial charge < -0.3 is 9.84 Å². The van der Waals surface area contributed by atoms with Gasteiger partial charge in [-0.1, -0.05) is 18.2 Å². The van der Waals surface area contributed by atoms with Crippen molar-refractivity contribution in [3.05, 3.63) is 47.3 Å². The number of methoxy groups -OCH3 is 1. The SMILES string of the molecule is COC(=O)c1cc(/C=C/c2ccc(O)cc2)[nH]n1. The Morgan fingerprint density at radius 3 is 2.72 bits per heavy atom. The van der Waals surface area contributed by atoms with Crippen molar-refractivity contribution in [1.29, 1.82) is 0 Å². The number of nitrogens with one attached hydrogen (secondary N) is 1. The molecule has 0 saturated heterocycles. The van der Waals surface area contributed by atoms with Crippen LogP contribution in [-0.2, 0) is 4.74 Å². The molecule has 1 heterocycles. The van der Waals surface area contributed by atoms with Gasteiger partial charge in [0, 0.05) is 0 Å². The molecule has 0 unspecified atom stereocenters. The van der Waals surface area contributed by atoms with E-state index >= 15 is 0 Å². The lowest BCUT2D eigenvalue weighted by molar-refractivity contribution is 0.0594. The van der Waals surface area contributed by atoms with Gasteiger partial charge in [-0.05, 0) is 29.8 Å². The van der Waals surface area contributed by atoms with Crippen molar-refractivity contribution in [2.75, 3.05) is 7.11 Å². The second-order valence-electron chi connectivity index (χ2n) is 3.62. The fourth-order valence-electron chi connectivity index (χ4n) is 1.40. The number of H-pyrrole nitrogens is 1. The smallest absolute Gasteiger partial charge is 0.358 e. The number of hydrogen-bond donors (Lipinski definition) is 2. The molecule has 2 rings (SSSR count). The monoisotopic (exact) mass is 244 g/mol. The van der Waals surface area contributed by atoms with Gasteiger partial charge >= 0.3 is 5.97 Å². The van der Waals surface area contributed by atoms with Gasteiger partial charge in [-0.2, -0.15) is 5.10 Å². The average molecular weight is 244 g/mol. The van der Waals surface area contributed by atoms with E-state index in [9.17, 15) is 4.79 Å². The van der Waals surface area contributed by atoms with Gasteiger partial charge in [0.05, 0.1) is 12.8 Å². The summed E-state index contributed by atoms with van der Waals surface area (Å²) in [6, 6.07) is 8.37. The summed E-state index contributed by atoms with van der Waals surface area (Å²) in [6.45, 7) is 0. The molecule has 2 N–H and O–H groups in total. The molecule has 0 radical (unpaired) electrons. The Kier molecular flexibility index (Phi) is 3.43. The fourth-order valence-corrected chi connectivity index (χ4v) is 1.40. The van der Waals surface area contributed by atoms with Crippen LogP contribution in [-0.4, -0.2) is 28.4 Å². The summed E-state index contributed by atoms with van der Waals surface area (Å²) in [5.74, 6) is -0.253. The van der Waals surface area contributed by atoms with Crippen LogP contribution in [0.25, 0.3) is 12.2 Å². The van der Waals surface area contributed by atoms with Crippen LogP contribution in [0.4, 0.5) is 0 Å². The number of ether oxygens (including phenoxy) is 1. The molecule has 0 saturated carbocycles. The van der Waals surface area contributed by atoms with E-state index in [0.29, 0.717) is 5.69 Å². The molecule has 0 aliphatic carbocycles. The number of nitrogens with zero attached hydrogens (tertiary/aromatic N) is 1. The summed E-state index contributed by atoms with van der Waals surface area (Å²) in [5, 5.41) is 15.7. The van der Waals surface area contributed by atoms with E-state index < -0.39 is 5.97 Å². The first-order chi connectivity index (χ1) is 8.69. The van der Waals surface area contributed by atoms with Gasteiger partial charge in [0.1, 0.15) is 5.75 Å². The number of carbonyl (C=O) groups is 1. The highest BCUT2D eigenvalue weighted by atomic mass is 16.5. The summed E-state index contributed by atoms with van der Waals surface area (Å²) < 4.78 is 4.55. The molecule has 0 aliphatic rings. The number of rotatable bonds is 3. The molecule has 0 aliphatic heterocycles. The van der Waals surface area contributed by atoms with Crippen molar-refractivity contribution in [2.24, 2.45) is 0 Å². The lowest BCUT2D eigenvalue weighted by Crippen LogP contribution is -2.00. The van der Waals surface area contributed by atoms with Crippen molar-refractivity contribution < 1.29 is 14.6 Å². The van der Waals surface area contributed by atoms with Gasteiger partial charge in [-0.15, -0.1) is 0 Å². The van der Waals surface area contributed by atoms with Gasteiger partial charge in [-0.3, -0.25) is 5.10 Å². The average Bonchev–Trinajstić information content (AvgIpc) is 2.86. The normalized spacial score (nSPS) is 10.7. The molecule has 5 nitrogen and oxygen atoms in total. The van der Waals surface area contributed by atoms with Crippen molar-refractivity contribution >= 4 is 18.1 Å². The lowest BCUT2D eigenvalue weighted by atomic mass is 10.2. The van der Waals surface area contributed by atoms with Gasteiger partial charge in [0.2, 0.25) is 0 Å². The molecule has 0 spiro atoms. The zero-order valence-electron chi connectivity index (χ0n) is 9.75. The Morgan fingerprint density at radius 1 is 1.33 bits per heavy atom. The third-order valence-electron chi connectivity index (χ3n) is 2.34. The Labute approximate surface area is 104 Å². The van der Waals surface area contributed by atoms with E-state index in [1.165, 1.54) is 7.11 Å². The first-order valence-electron chi connectivity index (χ1n) is 5.30. The third kappa shape index (κ3) is 2.76. The molecule has 5 heteroatoms. The Morgan fingerprint density at radius 2 is 2.06 bits per heavy atom. The Balaban J connectivity index is 2.11. The highest BCUT2D eigenvalue weighted by molar-refractivity contribution is 5.88. The van der Waals surface area contributed by atoms with Crippen LogP contribution in [0.1, 0.15) is 21.7 Å². The van der Waals surface area contributed by atoms with E-state index in [4.69, 9.17) is 5.11 Å². The summed E-state index contributed by atoms with van der Waals surface area (Å²) in [6.07, 6.45) is 3.62. The molecule has 0 fully saturated rings. The first kappa shape index (κ1) is 11.9. The van der Waals surface area contributed by atoms with Gasteiger partial charge in [0.15, 0.2) is 5.69 Å². The molecule has 1 aromatic heterocycles. The number of aromatic amines is 1. The predicted octanol–water partition coefficient (Wildman–Crippen LogP) is 2.07. The zero-order valence-corrected chi connectivity index (χ0v) is 9.75. The number of phenols is 1. The lowest BCUT2D eigenvalue weighted by Gasteiger charge is -1.93. The second kappa shape index (κ2) is 5.18. The molecule has 0 atom stereocenters. The summed E-state index contributed by atoms with van der Waals surface area (Å²) in [4.78, 5) is 11.2. The number of carbonyl (C=O) groups excluding carboxylic acids is 1. The molecule has 0 bridgehead atoms. The number of esters is 1. The minimum atomic E-state index is -0.476. The second-order valence-corrected chi connectivity index (χ2v) is 3.62. The van der Waals surface area contributed by atoms with Gasteiger partial charge in [-0.25, -0.2) is 4.79 Å². The minimum Gasteiger partial charge on any atom is -0.508 e. The fraction of sp³-hybridized carbons (Fsp3) is 0.0769. The largest absolute Gasteiger partial charge is 0.508 e. The van der Waals surface area contributed by atoms with Crippen LogP contribution in [0, 0.1) is 0 Å². The van der Waals surface area contributed by atoms with Gasteiger partial charge in [0.25, 0.3) is 0 Å². The van der Waals surface area contributed by atoms with E-state index in [1.54, 1.807) is 36.4 Å². The van der Waals surface area contributed by atoms with E-state index in [1.807, 2.05) is 6.08 Å². The van der Waals surface area contributed by atoms with Crippen molar-refractivity contribution in [3.8, 4) is 5.75 Å². The number of benzene rings is 1. The third-order valence-corrected chi connectivity index (χ3v) is 2.34.